The zero-order valence-corrected chi connectivity index (χ0v) is 15.0. The number of nitrogens with one attached hydrogen (secondary N) is 1. The lowest BCUT2D eigenvalue weighted by Crippen LogP contribution is -2.55. The number of carbonyl (C=O) groups excluding carboxylic acids is 2. The molecule has 1 aromatic heterocycles. The third-order valence-corrected chi connectivity index (χ3v) is 5.35. The van der Waals surface area contributed by atoms with Crippen LogP contribution in [0.4, 0.5) is 0 Å². The maximum Gasteiger partial charge on any atom is 0.271 e. The molecule has 24 heavy (non-hydrogen) atoms. The van der Waals surface area contributed by atoms with Gasteiger partial charge in [0.05, 0.1) is 18.8 Å². The maximum absolute atomic E-state index is 13.3. The molecular weight excluding hydrogens is 304 g/mol. The van der Waals surface area contributed by atoms with Crippen LogP contribution in [0, 0.1) is 6.92 Å². The summed E-state index contributed by atoms with van der Waals surface area (Å²) in [6.07, 6.45) is 6.22. The normalized spacial score (nSPS) is 23.9. The number of ketones is 1. The average molecular weight is 332 g/mol. The van der Waals surface area contributed by atoms with Crippen molar-refractivity contribution in [2.75, 3.05) is 13.2 Å². The number of ether oxygens (including phenoxy) is 1. The molecule has 0 spiro atoms. The fourth-order valence-electron chi connectivity index (χ4n) is 4.33. The summed E-state index contributed by atoms with van der Waals surface area (Å²) in [5.74, 6) is 0.0676. The van der Waals surface area contributed by atoms with E-state index in [1.807, 2.05) is 11.8 Å². The molecule has 1 saturated carbocycles. The Hall–Kier alpha value is -1.62. The molecule has 5 nitrogen and oxygen atoms in total. The number of Topliss-reactive ketones (excluding diaryl/α,β-unsaturated/α-hetero) is 1. The average Bonchev–Trinajstić information content (AvgIpc) is 2.90. The van der Waals surface area contributed by atoms with Gasteiger partial charge in [0.15, 0.2) is 5.78 Å². The first-order valence-corrected chi connectivity index (χ1v) is 9.19. The highest BCUT2D eigenvalue weighted by atomic mass is 16.5. The monoisotopic (exact) mass is 332 g/mol. The van der Waals surface area contributed by atoms with Crippen molar-refractivity contribution in [1.29, 1.82) is 0 Å². The quantitative estimate of drug-likeness (QED) is 0.861. The standard InChI is InChI=1S/C19H28N2O3/c1-4-7-14-17(13(3)22)12(2)20-18(14)19(23)21-10-11-24-16-9-6-5-8-15(16)21/h15-16,20H,4-11H2,1-3H3/t15-,16-/m1/s1. The minimum absolute atomic E-state index is 0.0313. The zero-order valence-electron chi connectivity index (χ0n) is 15.0. The molecule has 132 valence electrons. The molecule has 1 aromatic rings. The molecule has 1 aliphatic heterocycles. The van der Waals surface area contributed by atoms with Crippen LogP contribution < -0.4 is 0 Å². The molecule has 2 fully saturated rings. The fourth-order valence-corrected chi connectivity index (χ4v) is 4.33. The molecule has 0 aromatic carbocycles. The summed E-state index contributed by atoms with van der Waals surface area (Å²) in [4.78, 5) is 30.5. The predicted molar refractivity (Wildman–Crippen MR) is 92.6 cm³/mol. The maximum atomic E-state index is 13.3. The van der Waals surface area contributed by atoms with Gasteiger partial charge in [-0.25, -0.2) is 0 Å². The van der Waals surface area contributed by atoms with E-state index in [0.717, 1.165) is 43.4 Å². The van der Waals surface area contributed by atoms with Crippen molar-refractivity contribution in [1.82, 2.24) is 9.88 Å². The fraction of sp³-hybridized carbons (Fsp3) is 0.684. The van der Waals surface area contributed by atoms with Gasteiger partial charge in [0.25, 0.3) is 5.91 Å². The Morgan fingerprint density at radius 1 is 1.29 bits per heavy atom. The van der Waals surface area contributed by atoms with Crippen LogP contribution in [0.3, 0.4) is 0 Å². The largest absolute Gasteiger partial charge is 0.374 e. The molecule has 1 aliphatic carbocycles. The third-order valence-electron chi connectivity index (χ3n) is 5.35. The number of H-pyrrole nitrogens is 1. The van der Waals surface area contributed by atoms with Gasteiger partial charge in [-0.15, -0.1) is 0 Å². The van der Waals surface area contributed by atoms with Crippen LogP contribution in [0.1, 0.15) is 78.1 Å². The van der Waals surface area contributed by atoms with Gasteiger partial charge in [-0.1, -0.05) is 26.2 Å². The molecule has 1 saturated heterocycles. The van der Waals surface area contributed by atoms with Gasteiger partial charge in [0.1, 0.15) is 5.69 Å². The van der Waals surface area contributed by atoms with E-state index < -0.39 is 0 Å². The molecule has 2 aliphatic rings. The number of carbonyl (C=O) groups is 2. The van der Waals surface area contributed by atoms with Crippen LogP contribution in [0.25, 0.3) is 0 Å². The summed E-state index contributed by atoms with van der Waals surface area (Å²) >= 11 is 0. The molecular formula is C19H28N2O3. The Morgan fingerprint density at radius 3 is 2.75 bits per heavy atom. The summed E-state index contributed by atoms with van der Waals surface area (Å²) in [7, 11) is 0. The van der Waals surface area contributed by atoms with Gasteiger partial charge >= 0.3 is 0 Å². The molecule has 3 rings (SSSR count). The van der Waals surface area contributed by atoms with Crippen molar-refractivity contribution < 1.29 is 14.3 Å². The number of morpholine rings is 1. The number of aromatic amines is 1. The summed E-state index contributed by atoms with van der Waals surface area (Å²) in [5.41, 5.74) is 3.02. The van der Waals surface area contributed by atoms with E-state index in [4.69, 9.17) is 4.74 Å². The summed E-state index contributed by atoms with van der Waals surface area (Å²) in [5, 5.41) is 0. The lowest BCUT2D eigenvalue weighted by atomic mass is 9.89. The van der Waals surface area contributed by atoms with Crippen LogP contribution >= 0.6 is 0 Å². The highest BCUT2D eigenvalue weighted by Crippen LogP contribution is 2.31. The van der Waals surface area contributed by atoms with Crippen molar-refractivity contribution in [2.45, 2.75) is 71.4 Å². The van der Waals surface area contributed by atoms with Crippen molar-refractivity contribution in [3.05, 3.63) is 22.5 Å². The van der Waals surface area contributed by atoms with E-state index >= 15 is 0 Å². The zero-order chi connectivity index (χ0) is 17.3. The Morgan fingerprint density at radius 2 is 2.04 bits per heavy atom. The first kappa shape index (κ1) is 17.2. The summed E-state index contributed by atoms with van der Waals surface area (Å²) in [6.45, 7) is 6.78. The van der Waals surface area contributed by atoms with E-state index in [2.05, 4.69) is 11.9 Å². The number of rotatable bonds is 4. The second-order valence-electron chi connectivity index (χ2n) is 7.04. The smallest absolute Gasteiger partial charge is 0.271 e. The number of aromatic nitrogens is 1. The third kappa shape index (κ3) is 3.02. The van der Waals surface area contributed by atoms with Gasteiger partial charge < -0.3 is 14.6 Å². The summed E-state index contributed by atoms with van der Waals surface area (Å²) in [6, 6.07) is 0.180. The SMILES string of the molecule is CCCc1c(C(=O)N2CCO[C@@H]3CCCC[C@H]32)[nH]c(C)c1C(C)=O. The Balaban J connectivity index is 1.94. The topological polar surface area (TPSA) is 62.4 Å². The molecule has 2 atom stereocenters. The molecule has 1 amide bonds. The van der Waals surface area contributed by atoms with E-state index in [1.54, 1.807) is 6.92 Å². The Labute approximate surface area is 143 Å². The molecule has 2 heterocycles. The lowest BCUT2D eigenvalue weighted by Gasteiger charge is -2.43. The number of nitrogens with zero attached hydrogens (tertiary/aromatic N) is 1. The van der Waals surface area contributed by atoms with E-state index in [9.17, 15) is 9.59 Å². The van der Waals surface area contributed by atoms with Gasteiger partial charge in [0.2, 0.25) is 0 Å². The van der Waals surface area contributed by atoms with Crippen molar-refractivity contribution >= 4 is 11.7 Å². The van der Waals surface area contributed by atoms with Crippen LogP contribution in [0.2, 0.25) is 0 Å². The van der Waals surface area contributed by atoms with Crippen molar-refractivity contribution in [2.24, 2.45) is 0 Å². The number of fused-ring (bicyclic) bond motifs is 1. The minimum atomic E-state index is 0.0313. The van der Waals surface area contributed by atoms with Gasteiger partial charge in [0, 0.05) is 17.8 Å². The van der Waals surface area contributed by atoms with Crippen molar-refractivity contribution in [3.63, 3.8) is 0 Å². The van der Waals surface area contributed by atoms with Gasteiger partial charge in [-0.3, -0.25) is 9.59 Å². The number of aryl methyl sites for hydroxylation is 1. The molecule has 5 heteroatoms. The molecule has 1 N–H and O–H groups in total. The van der Waals surface area contributed by atoms with Crippen LogP contribution in [0.15, 0.2) is 0 Å². The number of amides is 1. The number of hydrogen-bond donors (Lipinski definition) is 1. The second kappa shape index (κ2) is 7.09. The molecule has 0 radical (unpaired) electrons. The Bertz CT molecular complexity index is 633. The van der Waals surface area contributed by atoms with Crippen LogP contribution in [-0.2, 0) is 11.2 Å². The highest BCUT2D eigenvalue weighted by Gasteiger charge is 2.38. The number of hydrogen-bond acceptors (Lipinski definition) is 3. The Kier molecular flexibility index (Phi) is 5.09. The van der Waals surface area contributed by atoms with Crippen LogP contribution in [-0.4, -0.2) is 46.9 Å². The van der Waals surface area contributed by atoms with Gasteiger partial charge in [-0.2, -0.15) is 0 Å². The summed E-state index contributed by atoms with van der Waals surface area (Å²) < 4.78 is 5.88. The molecule has 0 unspecified atom stereocenters. The molecule has 0 bridgehead atoms. The van der Waals surface area contributed by atoms with E-state index in [1.165, 1.54) is 6.42 Å². The highest BCUT2D eigenvalue weighted by molar-refractivity contribution is 6.02. The first-order valence-electron chi connectivity index (χ1n) is 9.19. The van der Waals surface area contributed by atoms with Crippen LogP contribution in [0.5, 0.6) is 0 Å². The second-order valence-corrected chi connectivity index (χ2v) is 7.04. The van der Waals surface area contributed by atoms with E-state index in [0.29, 0.717) is 24.4 Å². The van der Waals surface area contributed by atoms with E-state index in [-0.39, 0.29) is 23.8 Å². The van der Waals surface area contributed by atoms with Crippen molar-refractivity contribution in [3.8, 4) is 0 Å². The van der Waals surface area contributed by atoms with Gasteiger partial charge in [-0.05, 0) is 38.7 Å². The minimum Gasteiger partial charge on any atom is -0.374 e. The lowest BCUT2D eigenvalue weighted by molar-refractivity contribution is -0.0754. The first-order chi connectivity index (χ1) is 11.5. The predicted octanol–water partition coefficient (Wildman–Crippen LogP) is 3.26.